The molecule has 0 aromatic heterocycles. The Morgan fingerprint density at radius 3 is 1.76 bits per heavy atom. The Hall–Kier alpha value is -1.26. The Balaban J connectivity index is 1.94. The Labute approximate surface area is 150 Å². The third-order valence-corrected chi connectivity index (χ3v) is 6.57. The third kappa shape index (κ3) is 3.95. The van der Waals surface area contributed by atoms with Gasteiger partial charge in [0, 0.05) is 0 Å². The van der Waals surface area contributed by atoms with Gasteiger partial charge in [-0.1, -0.05) is 32.8 Å². The topological polar surface area (TPSA) is 80.9 Å². The van der Waals surface area contributed by atoms with E-state index in [2.05, 4.69) is 13.8 Å². The average molecular weight is 348 g/mol. The first-order chi connectivity index (χ1) is 11.9. The maximum Gasteiger partial charge on any atom is 0.157 e. The van der Waals surface area contributed by atoms with Crippen LogP contribution in [0.1, 0.15) is 63.9 Å². The van der Waals surface area contributed by atoms with E-state index in [4.69, 9.17) is 0 Å². The molecule has 1 aromatic carbocycles. The van der Waals surface area contributed by atoms with Crippen molar-refractivity contribution in [3.05, 3.63) is 23.8 Å². The van der Waals surface area contributed by atoms with Gasteiger partial charge in [0.05, 0.1) is 12.2 Å². The molecule has 0 radical (unpaired) electrons. The molecule has 4 heteroatoms. The van der Waals surface area contributed by atoms with Gasteiger partial charge in [0.2, 0.25) is 0 Å². The van der Waals surface area contributed by atoms with Gasteiger partial charge in [-0.25, -0.2) is 0 Å². The minimum atomic E-state index is -0.378. The third-order valence-electron chi connectivity index (χ3n) is 6.57. The zero-order valence-corrected chi connectivity index (χ0v) is 15.3. The number of aliphatic hydroxyl groups excluding tert-OH is 2. The second kappa shape index (κ2) is 7.55. The highest BCUT2D eigenvalue weighted by molar-refractivity contribution is 5.42. The summed E-state index contributed by atoms with van der Waals surface area (Å²) >= 11 is 0. The van der Waals surface area contributed by atoms with Crippen molar-refractivity contribution in [3.8, 4) is 11.5 Å². The highest BCUT2D eigenvalue weighted by Crippen LogP contribution is 2.48. The Morgan fingerprint density at radius 2 is 1.32 bits per heavy atom. The SMILES string of the molecule is CC1CCC(C(c2ccc(O)c(O)c2)C2CCC(C)CC2O)C(O)C1. The Morgan fingerprint density at radius 1 is 0.800 bits per heavy atom. The maximum absolute atomic E-state index is 10.8. The van der Waals surface area contributed by atoms with Crippen molar-refractivity contribution in [2.24, 2.45) is 23.7 Å². The van der Waals surface area contributed by atoms with Crippen LogP contribution >= 0.6 is 0 Å². The number of phenols is 2. The lowest BCUT2D eigenvalue weighted by molar-refractivity contribution is -0.0207. The second-order valence-electron chi connectivity index (χ2n) is 8.57. The molecule has 25 heavy (non-hydrogen) atoms. The van der Waals surface area contributed by atoms with Crippen molar-refractivity contribution < 1.29 is 20.4 Å². The van der Waals surface area contributed by atoms with Crippen LogP contribution in [0.2, 0.25) is 0 Å². The van der Waals surface area contributed by atoms with Crippen LogP contribution in [0, 0.1) is 23.7 Å². The van der Waals surface area contributed by atoms with E-state index in [1.165, 1.54) is 6.07 Å². The number of benzene rings is 1. The first-order valence-corrected chi connectivity index (χ1v) is 9.74. The molecule has 0 aliphatic heterocycles. The van der Waals surface area contributed by atoms with Crippen molar-refractivity contribution in [3.63, 3.8) is 0 Å². The van der Waals surface area contributed by atoms with Gasteiger partial charge in [0.1, 0.15) is 0 Å². The maximum atomic E-state index is 10.8. The normalized spacial score (nSPS) is 37.6. The number of aromatic hydroxyl groups is 2. The van der Waals surface area contributed by atoms with E-state index in [9.17, 15) is 20.4 Å². The van der Waals surface area contributed by atoms with Gasteiger partial charge >= 0.3 is 0 Å². The first kappa shape index (κ1) is 18.5. The molecule has 2 saturated carbocycles. The summed E-state index contributed by atoms with van der Waals surface area (Å²) < 4.78 is 0. The smallest absolute Gasteiger partial charge is 0.157 e. The van der Waals surface area contributed by atoms with E-state index in [0.29, 0.717) is 11.8 Å². The van der Waals surface area contributed by atoms with Crippen LogP contribution in [0.25, 0.3) is 0 Å². The molecule has 2 aliphatic carbocycles. The van der Waals surface area contributed by atoms with Crippen molar-refractivity contribution >= 4 is 0 Å². The van der Waals surface area contributed by atoms with Gasteiger partial charge in [-0.3, -0.25) is 0 Å². The lowest BCUT2D eigenvalue weighted by atomic mass is 9.63. The summed E-state index contributed by atoms with van der Waals surface area (Å²) in [6, 6.07) is 4.98. The van der Waals surface area contributed by atoms with Gasteiger partial charge in [0.15, 0.2) is 11.5 Å². The number of phenolic OH excluding ortho intramolecular Hbond substituents is 2. The molecular weight excluding hydrogens is 316 g/mol. The fraction of sp³-hybridized carbons (Fsp3) is 0.714. The molecular formula is C21H32O4. The summed E-state index contributed by atoms with van der Waals surface area (Å²) in [6.07, 6.45) is 4.88. The van der Waals surface area contributed by atoms with Crippen LogP contribution in [0.4, 0.5) is 0 Å². The van der Waals surface area contributed by atoms with Gasteiger partial charge in [-0.15, -0.1) is 0 Å². The monoisotopic (exact) mass is 348 g/mol. The Kier molecular flexibility index (Phi) is 5.59. The van der Waals surface area contributed by atoms with E-state index in [0.717, 1.165) is 44.1 Å². The molecule has 0 amide bonds. The van der Waals surface area contributed by atoms with Crippen LogP contribution in [-0.4, -0.2) is 32.6 Å². The number of hydrogen-bond acceptors (Lipinski definition) is 4. The zero-order valence-electron chi connectivity index (χ0n) is 15.3. The Bertz CT molecular complexity index is 561. The highest BCUT2D eigenvalue weighted by Gasteiger charge is 2.42. The van der Waals surface area contributed by atoms with Crippen LogP contribution in [0.3, 0.4) is 0 Å². The van der Waals surface area contributed by atoms with Crippen LogP contribution in [-0.2, 0) is 0 Å². The molecule has 6 atom stereocenters. The quantitative estimate of drug-likeness (QED) is 0.627. The second-order valence-corrected chi connectivity index (χ2v) is 8.57. The molecule has 0 bridgehead atoms. The predicted octanol–water partition coefficient (Wildman–Crippen LogP) is 3.78. The summed E-state index contributed by atoms with van der Waals surface area (Å²) in [5.41, 5.74) is 0.924. The number of hydrogen-bond donors (Lipinski definition) is 4. The number of rotatable bonds is 3. The van der Waals surface area contributed by atoms with Crippen LogP contribution < -0.4 is 0 Å². The number of aliphatic hydroxyl groups is 2. The summed E-state index contributed by atoms with van der Waals surface area (Å²) in [5, 5.41) is 41.2. The van der Waals surface area contributed by atoms with Gasteiger partial charge in [-0.2, -0.15) is 0 Å². The standard InChI is InChI=1S/C21H32O4/c1-12-3-6-15(18(23)9-12)21(14-5-8-17(22)20(25)11-14)16-7-4-13(2)10-19(16)24/h5,8,11-13,15-16,18-19,21-25H,3-4,6-7,9-10H2,1-2H3. The lowest BCUT2D eigenvalue weighted by Crippen LogP contribution is -2.41. The van der Waals surface area contributed by atoms with E-state index in [-0.39, 0.29) is 41.5 Å². The summed E-state index contributed by atoms with van der Waals surface area (Å²) in [5.74, 6) is 0.990. The van der Waals surface area contributed by atoms with Crippen LogP contribution in [0.15, 0.2) is 18.2 Å². The molecule has 4 nitrogen and oxygen atoms in total. The fourth-order valence-corrected chi connectivity index (χ4v) is 5.15. The molecule has 0 saturated heterocycles. The molecule has 2 aliphatic rings. The molecule has 0 spiro atoms. The minimum absolute atomic E-state index is 0.0106. The summed E-state index contributed by atoms with van der Waals surface area (Å²) in [7, 11) is 0. The highest BCUT2D eigenvalue weighted by atomic mass is 16.3. The average Bonchev–Trinajstić information content (AvgIpc) is 2.54. The summed E-state index contributed by atoms with van der Waals surface area (Å²) in [4.78, 5) is 0. The molecule has 6 unspecified atom stereocenters. The van der Waals surface area contributed by atoms with Crippen LogP contribution in [0.5, 0.6) is 11.5 Å². The summed E-state index contributed by atoms with van der Waals surface area (Å²) in [6.45, 7) is 4.36. The van der Waals surface area contributed by atoms with Crippen molar-refractivity contribution in [1.29, 1.82) is 0 Å². The predicted molar refractivity (Wildman–Crippen MR) is 97.5 cm³/mol. The van der Waals surface area contributed by atoms with Gasteiger partial charge in [0.25, 0.3) is 0 Å². The molecule has 1 aromatic rings. The molecule has 0 heterocycles. The van der Waals surface area contributed by atoms with E-state index >= 15 is 0 Å². The minimum Gasteiger partial charge on any atom is -0.504 e. The zero-order chi connectivity index (χ0) is 18.1. The first-order valence-electron chi connectivity index (χ1n) is 9.74. The fourth-order valence-electron chi connectivity index (χ4n) is 5.15. The van der Waals surface area contributed by atoms with Crippen molar-refractivity contribution in [1.82, 2.24) is 0 Å². The molecule has 3 rings (SSSR count). The largest absolute Gasteiger partial charge is 0.504 e. The van der Waals surface area contributed by atoms with Gasteiger partial charge in [-0.05, 0) is 73.0 Å². The van der Waals surface area contributed by atoms with Gasteiger partial charge < -0.3 is 20.4 Å². The van der Waals surface area contributed by atoms with E-state index in [1.54, 1.807) is 6.07 Å². The lowest BCUT2D eigenvalue weighted by Gasteiger charge is -2.44. The van der Waals surface area contributed by atoms with Crippen molar-refractivity contribution in [2.75, 3.05) is 0 Å². The molecule has 2 fully saturated rings. The molecule has 140 valence electrons. The molecule has 4 N–H and O–H groups in total. The van der Waals surface area contributed by atoms with E-state index in [1.807, 2.05) is 6.07 Å². The van der Waals surface area contributed by atoms with E-state index < -0.39 is 0 Å². The van der Waals surface area contributed by atoms with Crippen molar-refractivity contribution in [2.45, 2.75) is 70.5 Å².